The summed E-state index contributed by atoms with van der Waals surface area (Å²) in [6, 6.07) is 0. The zero-order valence-electron chi connectivity index (χ0n) is 17.4. The Morgan fingerprint density at radius 3 is 0.824 bits per heavy atom. The van der Waals surface area contributed by atoms with Gasteiger partial charge in [-0.1, -0.05) is 23.2 Å². The second kappa shape index (κ2) is 8.65. The molecule has 0 aliphatic rings. The van der Waals surface area contributed by atoms with Gasteiger partial charge in [-0.05, 0) is 49.9 Å². The van der Waals surface area contributed by atoms with Crippen molar-refractivity contribution in [3.05, 3.63) is 32.3 Å². The van der Waals surface area contributed by atoms with Gasteiger partial charge in [-0.25, -0.2) is 0 Å². The molecule has 0 aliphatic heterocycles. The Balaban J connectivity index is 3.62. The monoisotopic (exact) mass is 598 g/mol. The molecule has 0 saturated carbocycles. The van der Waals surface area contributed by atoms with E-state index in [9.17, 15) is 51.9 Å². The van der Waals surface area contributed by atoms with Gasteiger partial charge in [-0.15, -0.1) is 0 Å². The molecular weight excluding hydrogens is 583 g/mol. The maximum atomic E-state index is 12.3. The molecule has 2 aromatic carbocycles. The quantitative estimate of drug-likeness (QED) is 0.365. The minimum atomic E-state index is -5.35. The highest BCUT2D eigenvalue weighted by Crippen LogP contribution is 2.48. The smallest absolute Gasteiger partial charge is 0.282 e. The first kappa shape index (κ1) is 28.9. The summed E-state index contributed by atoms with van der Waals surface area (Å²) in [5, 5.41) is -1.69. The molecule has 0 aromatic heterocycles. The van der Waals surface area contributed by atoms with E-state index < -0.39 is 103 Å². The maximum Gasteiger partial charge on any atom is 0.296 e. The van der Waals surface area contributed by atoms with Crippen LogP contribution in [-0.4, -0.2) is 51.9 Å². The third kappa shape index (κ3) is 4.84. The Hall–Kier alpha value is -1.34. The maximum absolute atomic E-state index is 12.3. The van der Waals surface area contributed by atoms with Crippen molar-refractivity contribution in [3.63, 3.8) is 0 Å². The molecule has 4 N–H and O–H groups in total. The Morgan fingerprint density at radius 1 is 0.441 bits per heavy atom. The molecular formula is C16H16Cl2O12S4. The standard InChI is InChI=1S/C16H16Cl2O12S4/c1-5-9(13(31(19,20)21)7(3)11(17)15(5)33(25,26)27)10-6(2)16(34(28,29)30)12(18)8(4)14(10)32(22,23)24/h1-4H3,(H,19,20,21)(H,22,23,24)(H,25,26,27)(H,28,29,30). The van der Waals surface area contributed by atoms with Gasteiger partial charge in [0, 0.05) is 11.1 Å². The van der Waals surface area contributed by atoms with Crippen molar-refractivity contribution in [3.8, 4) is 11.1 Å². The van der Waals surface area contributed by atoms with Gasteiger partial charge in [0.05, 0.1) is 10.0 Å². The van der Waals surface area contributed by atoms with Crippen LogP contribution < -0.4 is 0 Å². The Morgan fingerprint density at radius 2 is 0.647 bits per heavy atom. The number of hydrogen-bond donors (Lipinski definition) is 4. The lowest BCUT2D eigenvalue weighted by Crippen LogP contribution is -2.16. The first-order valence-corrected chi connectivity index (χ1v) is 15.0. The van der Waals surface area contributed by atoms with Gasteiger partial charge in [-0.3, -0.25) is 18.2 Å². The van der Waals surface area contributed by atoms with Crippen LogP contribution in [0.5, 0.6) is 0 Å². The topological polar surface area (TPSA) is 217 Å². The molecule has 0 aliphatic carbocycles. The van der Waals surface area contributed by atoms with Crippen molar-refractivity contribution in [2.75, 3.05) is 0 Å². The van der Waals surface area contributed by atoms with Crippen LogP contribution in [0.15, 0.2) is 19.6 Å². The van der Waals surface area contributed by atoms with Gasteiger partial charge in [0.2, 0.25) is 0 Å². The lowest BCUT2D eigenvalue weighted by molar-refractivity contribution is 0.476. The van der Waals surface area contributed by atoms with E-state index >= 15 is 0 Å². The third-order valence-electron chi connectivity index (χ3n) is 4.91. The van der Waals surface area contributed by atoms with Crippen LogP contribution in [-0.2, 0) is 40.5 Å². The molecule has 18 heteroatoms. The summed E-state index contributed by atoms with van der Waals surface area (Å²) in [7, 11) is -21.1. The number of halogens is 2. The first-order valence-electron chi connectivity index (χ1n) is 8.51. The zero-order chi connectivity index (χ0) is 26.9. The van der Waals surface area contributed by atoms with Crippen molar-refractivity contribution < 1.29 is 51.9 Å². The van der Waals surface area contributed by atoms with Crippen LogP contribution in [0.25, 0.3) is 11.1 Å². The second-order valence-electron chi connectivity index (χ2n) is 7.09. The van der Waals surface area contributed by atoms with Crippen LogP contribution in [0.4, 0.5) is 0 Å². The van der Waals surface area contributed by atoms with Gasteiger partial charge in [0.1, 0.15) is 19.6 Å². The fourth-order valence-corrected chi connectivity index (χ4v) is 8.58. The lowest BCUT2D eigenvalue weighted by atomic mass is 9.93. The molecule has 0 atom stereocenters. The van der Waals surface area contributed by atoms with Gasteiger partial charge in [0.15, 0.2) is 0 Å². The van der Waals surface area contributed by atoms with Crippen molar-refractivity contribution in [1.29, 1.82) is 0 Å². The van der Waals surface area contributed by atoms with E-state index in [2.05, 4.69) is 0 Å². The van der Waals surface area contributed by atoms with Crippen molar-refractivity contribution in [1.82, 2.24) is 0 Å². The zero-order valence-corrected chi connectivity index (χ0v) is 22.2. The molecule has 0 radical (unpaired) electrons. The number of benzene rings is 2. The molecule has 0 fully saturated rings. The highest BCUT2D eigenvalue weighted by molar-refractivity contribution is 7.87. The molecule has 34 heavy (non-hydrogen) atoms. The summed E-state index contributed by atoms with van der Waals surface area (Å²) in [5.74, 6) is 0. The molecule has 2 rings (SSSR count). The first-order chi connectivity index (χ1) is 15.0. The summed E-state index contributed by atoms with van der Waals surface area (Å²) < 4.78 is 136. The number of hydrogen-bond acceptors (Lipinski definition) is 8. The highest BCUT2D eigenvalue weighted by Gasteiger charge is 2.37. The fraction of sp³-hybridized carbons (Fsp3) is 0.250. The lowest BCUT2D eigenvalue weighted by Gasteiger charge is -2.24. The molecule has 12 nitrogen and oxygen atoms in total. The van der Waals surface area contributed by atoms with Gasteiger partial charge >= 0.3 is 0 Å². The van der Waals surface area contributed by atoms with Crippen molar-refractivity contribution >= 4 is 63.7 Å². The Kier molecular flexibility index (Phi) is 7.35. The van der Waals surface area contributed by atoms with Crippen LogP contribution in [0, 0.1) is 27.7 Å². The van der Waals surface area contributed by atoms with Gasteiger partial charge in [-0.2, -0.15) is 33.7 Å². The predicted molar refractivity (Wildman–Crippen MR) is 120 cm³/mol. The third-order valence-corrected chi connectivity index (χ3v) is 10.2. The predicted octanol–water partition coefficient (Wildman–Crippen LogP) is 2.88. The van der Waals surface area contributed by atoms with Crippen LogP contribution >= 0.6 is 23.2 Å². The highest BCUT2D eigenvalue weighted by atomic mass is 35.5. The summed E-state index contributed by atoms with van der Waals surface area (Å²) in [4.78, 5) is -4.48. The summed E-state index contributed by atoms with van der Waals surface area (Å²) in [6.45, 7) is 3.58. The molecule has 0 bridgehead atoms. The van der Waals surface area contributed by atoms with Gasteiger partial charge in [0.25, 0.3) is 40.5 Å². The van der Waals surface area contributed by atoms with E-state index in [1.54, 1.807) is 0 Å². The normalized spacial score (nSPS) is 13.4. The van der Waals surface area contributed by atoms with E-state index in [1.165, 1.54) is 0 Å². The molecule has 190 valence electrons. The van der Waals surface area contributed by atoms with Crippen molar-refractivity contribution in [2.45, 2.75) is 47.3 Å². The van der Waals surface area contributed by atoms with E-state index in [0.717, 1.165) is 27.7 Å². The van der Waals surface area contributed by atoms with Crippen molar-refractivity contribution in [2.24, 2.45) is 0 Å². The van der Waals surface area contributed by atoms with E-state index in [-0.39, 0.29) is 0 Å². The summed E-state index contributed by atoms with van der Waals surface area (Å²) >= 11 is 11.9. The van der Waals surface area contributed by atoms with E-state index in [1.807, 2.05) is 0 Å². The molecule has 0 heterocycles. The summed E-state index contributed by atoms with van der Waals surface area (Å²) in [6.07, 6.45) is 0. The van der Waals surface area contributed by atoms with Crippen LogP contribution in [0.1, 0.15) is 22.3 Å². The molecule has 0 amide bonds. The minimum absolute atomic E-state index is 0.668. The summed E-state index contributed by atoms with van der Waals surface area (Å²) in [5.41, 5.74) is -4.68. The molecule has 0 unspecified atom stereocenters. The van der Waals surface area contributed by atoms with Crippen LogP contribution in [0.2, 0.25) is 10.0 Å². The molecule has 0 spiro atoms. The van der Waals surface area contributed by atoms with Crippen LogP contribution in [0.3, 0.4) is 0 Å². The number of rotatable bonds is 5. The SMILES string of the molecule is Cc1c(-c2c(C)c(S(=O)(=O)O)c(Cl)c(C)c2S(=O)(=O)O)c(S(=O)(=O)O)c(C)c(Cl)c1S(=O)(=O)O. The largest absolute Gasteiger partial charge is 0.296 e. The molecule has 0 saturated heterocycles. The second-order valence-corrected chi connectivity index (χ2v) is 13.3. The average Bonchev–Trinajstić information content (AvgIpc) is 2.56. The Labute approximate surface area is 205 Å². The average molecular weight is 599 g/mol. The molecule has 2 aromatic rings. The van der Waals surface area contributed by atoms with Gasteiger partial charge < -0.3 is 0 Å². The fourth-order valence-electron chi connectivity index (χ4n) is 3.67. The Bertz CT molecular complexity index is 1560. The van der Waals surface area contributed by atoms with E-state index in [0.29, 0.717) is 0 Å². The van der Waals surface area contributed by atoms with E-state index in [4.69, 9.17) is 23.2 Å². The minimum Gasteiger partial charge on any atom is -0.282 e.